The lowest BCUT2D eigenvalue weighted by atomic mass is 9.98. The lowest BCUT2D eigenvalue weighted by Crippen LogP contribution is -2.42. The second-order valence-electron chi connectivity index (χ2n) is 7.37. The summed E-state index contributed by atoms with van der Waals surface area (Å²) in [7, 11) is 0. The van der Waals surface area contributed by atoms with Crippen LogP contribution in [0.25, 0.3) is 0 Å². The van der Waals surface area contributed by atoms with E-state index in [9.17, 15) is 19.5 Å². The zero-order valence-electron chi connectivity index (χ0n) is 18.3. The lowest BCUT2D eigenvalue weighted by Gasteiger charge is -2.25. The molecule has 0 aliphatic carbocycles. The molecular formula is C24H34N2O5. The fraction of sp³-hybridized carbons (Fsp3) is 0.458. The van der Waals surface area contributed by atoms with Crippen molar-refractivity contribution in [3.05, 3.63) is 61.2 Å². The first-order chi connectivity index (χ1) is 14.9. The van der Waals surface area contributed by atoms with Crippen LogP contribution < -0.4 is 5.32 Å². The number of hydrogen-bond acceptors (Lipinski definition) is 5. The number of nitrogens with one attached hydrogen (secondary N) is 1. The van der Waals surface area contributed by atoms with Crippen LogP contribution in [0.1, 0.15) is 38.2 Å². The molecule has 2 atom stereocenters. The minimum Gasteiger partial charge on any atom is -0.463 e. The summed E-state index contributed by atoms with van der Waals surface area (Å²) in [5.41, 5.74) is 0.945. The number of carbonyl (C=O) groups is 3. The topological polar surface area (TPSA) is 95.9 Å². The Hall–Kier alpha value is -2.93. The molecule has 0 radical (unpaired) electrons. The molecule has 0 aliphatic rings. The van der Waals surface area contributed by atoms with Crippen LogP contribution in [0.4, 0.5) is 0 Å². The fourth-order valence-corrected chi connectivity index (χ4v) is 2.95. The highest BCUT2D eigenvalue weighted by molar-refractivity contribution is 5.86. The Bertz CT molecular complexity index is 720. The van der Waals surface area contributed by atoms with Crippen LogP contribution in [-0.4, -0.2) is 53.6 Å². The number of ether oxygens (including phenoxy) is 1. The maximum absolute atomic E-state index is 12.9. The van der Waals surface area contributed by atoms with Gasteiger partial charge in [0, 0.05) is 25.9 Å². The Kier molecular flexibility index (Phi) is 12.6. The molecule has 0 bridgehead atoms. The molecule has 0 spiro atoms. The largest absolute Gasteiger partial charge is 0.463 e. The van der Waals surface area contributed by atoms with E-state index in [1.54, 1.807) is 24.0 Å². The van der Waals surface area contributed by atoms with Gasteiger partial charge in [0.15, 0.2) is 0 Å². The van der Waals surface area contributed by atoms with Gasteiger partial charge in [0.25, 0.3) is 0 Å². The molecule has 31 heavy (non-hydrogen) atoms. The van der Waals surface area contributed by atoms with Crippen molar-refractivity contribution in [1.29, 1.82) is 0 Å². The number of benzene rings is 1. The van der Waals surface area contributed by atoms with E-state index in [0.717, 1.165) is 5.56 Å². The van der Waals surface area contributed by atoms with Gasteiger partial charge < -0.3 is 20.1 Å². The maximum Gasteiger partial charge on any atom is 0.306 e. The third-order valence-corrected chi connectivity index (χ3v) is 4.62. The van der Waals surface area contributed by atoms with Gasteiger partial charge in [-0.2, -0.15) is 0 Å². The quantitative estimate of drug-likeness (QED) is 0.329. The van der Waals surface area contributed by atoms with Gasteiger partial charge in [-0.05, 0) is 25.3 Å². The van der Waals surface area contributed by atoms with Gasteiger partial charge in [0.2, 0.25) is 11.8 Å². The Balaban J connectivity index is 2.65. The number of rotatable bonds is 15. The molecule has 2 N–H and O–H groups in total. The highest BCUT2D eigenvalue weighted by Gasteiger charge is 2.25. The summed E-state index contributed by atoms with van der Waals surface area (Å²) in [6.45, 7) is 9.42. The molecule has 0 aromatic heterocycles. The fourth-order valence-electron chi connectivity index (χ4n) is 2.95. The van der Waals surface area contributed by atoms with Gasteiger partial charge in [-0.1, -0.05) is 42.5 Å². The van der Waals surface area contributed by atoms with Crippen molar-refractivity contribution in [1.82, 2.24) is 10.2 Å². The van der Waals surface area contributed by atoms with Crippen molar-refractivity contribution in [2.75, 3.05) is 19.8 Å². The number of amides is 2. The number of hydrogen-bond donors (Lipinski definition) is 2. The zero-order chi connectivity index (χ0) is 23.1. The first-order valence-electron chi connectivity index (χ1n) is 10.5. The first-order valence-corrected chi connectivity index (χ1v) is 10.5. The molecule has 0 fully saturated rings. The molecule has 0 saturated carbocycles. The first kappa shape index (κ1) is 26.1. The normalized spacial score (nSPS) is 12.3. The van der Waals surface area contributed by atoms with E-state index in [2.05, 4.69) is 18.5 Å². The molecule has 7 nitrogen and oxygen atoms in total. The number of carbonyl (C=O) groups excluding carboxylic acids is 3. The summed E-state index contributed by atoms with van der Waals surface area (Å²) in [4.78, 5) is 38.7. The van der Waals surface area contributed by atoms with Gasteiger partial charge in [0.05, 0.1) is 18.6 Å². The SMILES string of the molecule is C=CCCC(=O)OCC(C)NC(=O)C(CC=C)CC(=O)N(CCO)Cc1ccccc1. The van der Waals surface area contributed by atoms with Crippen LogP contribution in [0, 0.1) is 5.92 Å². The van der Waals surface area contributed by atoms with Crippen LogP contribution in [0.15, 0.2) is 55.6 Å². The van der Waals surface area contributed by atoms with Gasteiger partial charge in [-0.15, -0.1) is 13.2 Å². The Labute approximate surface area is 184 Å². The van der Waals surface area contributed by atoms with Gasteiger partial charge in [-0.25, -0.2) is 0 Å². The van der Waals surface area contributed by atoms with Crippen LogP contribution in [0.2, 0.25) is 0 Å². The Morgan fingerprint density at radius 3 is 2.52 bits per heavy atom. The molecule has 7 heteroatoms. The van der Waals surface area contributed by atoms with Gasteiger partial charge in [0.1, 0.15) is 6.61 Å². The third kappa shape index (κ3) is 10.6. The second-order valence-corrected chi connectivity index (χ2v) is 7.37. The van der Waals surface area contributed by atoms with E-state index in [1.165, 1.54) is 0 Å². The average Bonchev–Trinajstić information content (AvgIpc) is 2.76. The standard InChI is InChI=1S/C24H34N2O5/c1-4-6-13-23(29)31-18-19(3)25-24(30)21(10-5-2)16-22(28)26(14-15-27)17-20-11-8-7-9-12-20/h4-5,7-9,11-12,19,21,27H,1-2,6,10,13-18H2,3H3,(H,25,30). The minimum atomic E-state index is -0.596. The highest BCUT2D eigenvalue weighted by Crippen LogP contribution is 2.14. The number of aliphatic hydroxyl groups excluding tert-OH is 1. The molecule has 2 amide bonds. The Morgan fingerprint density at radius 2 is 1.90 bits per heavy atom. The summed E-state index contributed by atoms with van der Waals surface area (Å²) in [6, 6.07) is 9.09. The van der Waals surface area contributed by atoms with Crippen LogP contribution in [0.3, 0.4) is 0 Å². The zero-order valence-corrected chi connectivity index (χ0v) is 18.3. The van der Waals surface area contributed by atoms with Crippen molar-refractivity contribution in [3.63, 3.8) is 0 Å². The number of nitrogens with zero attached hydrogens (tertiary/aromatic N) is 1. The predicted octanol–water partition coefficient (Wildman–Crippen LogP) is 2.60. The molecule has 1 rings (SSSR count). The summed E-state index contributed by atoms with van der Waals surface area (Å²) in [6.07, 6.45) is 4.36. The highest BCUT2D eigenvalue weighted by atomic mass is 16.5. The molecular weight excluding hydrogens is 396 g/mol. The number of allylic oxidation sites excluding steroid dienone is 2. The smallest absolute Gasteiger partial charge is 0.306 e. The molecule has 170 valence electrons. The summed E-state index contributed by atoms with van der Waals surface area (Å²) >= 11 is 0. The van der Waals surface area contributed by atoms with Crippen LogP contribution >= 0.6 is 0 Å². The number of esters is 1. The van der Waals surface area contributed by atoms with E-state index < -0.39 is 5.92 Å². The molecule has 0 heterocycles. The summed E-state index contributed by atoms with van der Waals surface area (Å²) < 4.78 is 5.14. The van der Waals surface area contributed by atoms with Crippen molar-refractivity contribution < 1.29 is 24.2 Å². The van der Waals surface area contributed by atoms with Crippen molar-refractivity contribution >= 4 is 17.8 Å². The van der Waals surface area contributed by atoms with E-state index in [-0.39, 0.29) is 56.4 Å². The third-order valence-electron chi connectivity index (χ3n) is 4.62. The van der Waals surface area contributed by atoms with Gasteiger partial charge in [-0.3, -0.25) is 14.4 Å². The summed E-state index contributed by atoms with van der Waals surface area (Å²) in [5.74, 6) is -1.46. The summed E-state index contributed by atoms with van der Waals surface area (Å²) in [5, 5.41) is 12.1. The van der Waals surface area contributed by atoms with E-state index in [4.69, 9.17) is 4.74 Å². The lowest BCUT2D eigenvalue weighted by molar-refractivity contribution is -0.145. The molecule has 2 unspecified atom stereocenters. The van der Waals surface area contributed by atoms with Crippen LogP contribution in [0.5, 0.6) is 0 Å². The second kappa shape index (κ2) is 15.0. The predicted molar refractivity (Wildman–Crippen MR) is 120 cm³/mol. The average molecular weight is 431 g/mol. The minimum absolute atomic E-state index is 0.00344. The van der Waals surface area contributed by atoms with Crippen molar-refractivity contribution in [2.45, 2.75) is 45.2 Å². The molecule has 0 saturated heterocycles. The monoisotopic (exact) mass is 430 g/mol. The van der Waals surface area contributed by atoms with Crippen molar-refractivity contribution in [3.8, 4) is 0 Å². The molecule has 0 aliphatic heterocycles. The van der Waals surface area contributed by atoms with Gasteiger partial charge >= 0.3 is 5.97 Å². The van der Waals surface area contributed by atoms with E-state index >= 15 is 0 Å². The van der Waals surface area contributed by atoms with E-state index in [1.807, 2.05) is 30.3 Å². The number of aliphatic hydroxyl groups is 1. The maximum atomic E-state index is 12.9. The molecule has 1 aromatic rings. The Morgan fingerprint density at radius 1 is 1.19 bits per heavy atom. The van der Waals surface area contributed by atoms with E-state index in [0.29, 0.717) is 19.4 Å². The van der Waals surface area contributed by atoms with Crippen molar-refractivity contribution in [2.24, 2.45) is 5.92 Å². The van der Waals surface area contributed by atoms with Crippen LogP contribution in [-0.2, 0) is 25.7 Å². The molecule has 1 aromatic carbocycles.